The first-order valence-electron chi connectivity index (χ1n) is 9.19. The average Bonchev–Trinajstić information content (AvgIpc) is 2.65. The van der Waals surface area contributed by atoms with E-state index in [0.29, 0.717) is 12.5 Å². The molecule has 28 heavy (non-hydrogen) atoms. The van der Waals surface area contributed by atoms with E-state index in [9.17, 15) is 14.0 Å². The fourth-order valence-electron chi connectivity index (χ4n) is 2.84. The standard InChI is InChI=1S/C22H27FN2O2.ClH/c1-14(2)16-7-9-17(10-8-16)20(24)13-25-21(26)11-15(3)22(27)18-5-4-6-19(23)12-18;/h4-10,12,14-15,20H,11,13,24H2,1-3H3,(H,25,26);1H. The molecule has 2 unspecified atom stereocenters. The summed E-state index contributed by atoms with van der Waals surface area (Å²) in [6.07, 6.45) is 0.0361. The van der Waals surface area contributed by atoms with Gasteiger partial charge in [-0.3, -0.25) is 9.59 Å². The minimum atomic E-state index is -0.534. The molecule has 0 spiro atoms. The second-order valence-corrected chi connectivity index (χ2v) is 7.21. The summed E-state index contributed by atoms with van der Waals surface area (Å²) >= 11 is 0. The van der Waals surface area contributed by atoms with Crippen molar-refractivity contribution in [1.29, 1.82) is 0 Å². The molecule has 3 N–H and O–H groups in total. The Labute approximate surface area is 172 Å². The lowest BCUT2D eigenvalue weighted by atomic mass is 9.96. The molecule has 0 aliphatic heterocycles. The number of benzene rings is 2. The molecule has 0 saturated heterocycles. The quantitative estimate of drug-likeness (QED) is 0.638. The number of hydrogen-bond acceptors (Lipinski definition) is 3. The normalized spacial score (nSPS) is 12.8. The van der Waals surface area contributed by atoms with Crippen molar-refractivity contribution in [3.8, 4) is 0 Å². The lowest BCUT2D eigenvalue weighted by Gasteiger charge is -2.16. The van der Waals surface area contributed by atoms with Crippen molar-refractivity contribution in [2.24, 2.45) is 11.7 Å². The molecule has 2 aromatic rings. The Hall–Kier alpha value is -2.24. The molecule has 0 fully saturated rings. The molecule has 0 saturated carbocycles. The predicted octanol–water partition coefficient (Wildman–Crippen LogP) is 4.40. The topological polar surface area (TPSA) is 72.2 Å². The number of nitrogens with two attached hydrogens (primary N) is 1. The monoisotopic (exact) mass is 406 g/mol. The van der Waals surface area contributed by atoms with Gasteiger partial charge < -0.3 is 11.1 Å². The van der Waals surface area contributed by atoms with E-state index in [4.69, 9.17) is 5.73 Å². The first kappa shape index (κ1) is 23.8. The number of ketones is 1. The smallest absolute Gasteiger partial charge is 0.220 e. The van der Waals surface area contributed by atoms with Crippen LogP contribution in [0.25, 0.3) is 0 Å². The van der Waals surface area contributed by atoms with Gasteiger partial charge in [-0.05, 0) is 29.2 Å². The lowest BCUT2D eigenvalue weighted by Crippen LogP contribution is -2.33. The van der Waals surface area contributed by atoms with Gasteiger partial charge in [-0.25, -0.2) is 4.39 Å². The third-order valence-electron chi connectivity index (χ3n) is 4.60. The molecular weight excluding hydrogens is 379 g/mol. The van der Waals surface area contributed by atoms with Gasteiger partial charge in [0.05, 0.1) is 0 Å². The van der Waals surface area contributed by atoms with E-state index in [1.165, 1.54) is 23.8 Å². The number of Topliss-reactive ketones (excluding diaryl/α,β-unsaturated/α-hetero) is 1. The Bertz CT molecular complexity index is 793. The van der Waals surface area contributed by atoms with E-state index in [0.717, 1.165) is 5.56 Å². The molecule has 152 valence electrons. The van der Waals surface area contributed by atoms with Crippen LogP contribution in [0.1, 0.15) is 60.6 Å². The van der Waals surface area contributed by atoms with Gasteiger partial charge in [-0.1, -0.05) is 57.2 Å². The zero-order valence-electron chi connectivity index (χ0n) is 16.4. The first-order valence-corrected chi connectivity index (χ1v) is 9.19. The van der Waals surface area contributed by atoms with Crippen LogP contribution in [0.4, 0.5) is 4.39 Å². The SMILES string of the molecule is CC(CC(=O)NCC(N)c1ccc(C(C)C)cc1)C(=O)c1cccc(F)c1.Cl. The summed E-state index contributed by atoms with van der Waals surface area (Å²) in [4.78, 5) is 24.4. The third-order valence-corrected chi connectivity index (χ3v) is 4.60. The van der Waals surface area contributed by atoms with Crippen molar-refractivity contribution >= 4 is 24.1 Å². The Kier molecular flexibility index (Phi) is 9.29. The molecule has 0 aliphatic rings. The molecule has 1 amide bonds. The number of rotatable bonds is 8. The van der Waals surface area contributed by atoms with Crippen LogP contribution in [0.2, 0.25) is 0 Å². The van der Waals surface area contributed by atoms with Crippen molar-refractivity contribution < 1.29 is 14.0 Å². The maximum atomic E-state index is 13.2. The van der Waals surface area contributed by atoms with Crippen LogP contribution in [0.5, 0.6) is 0 Å². The minimum absolute atomic E-state index is 0. The van der Waals surface area contributed by atoms with Gasteiger partial charge in [0.1, 0.15) is 5.82 Å². The average molecular weight is 407 g/mol. The molecule has 6 heteroatoms. The van der Waals surface area contributed by atoms with Crippen molar-refractivity contribution in [3.05, 3.63) is 71.0 Å². The van der Waals surface area contributed by atoms with E-state index >= 15 is 0 Å². The van der Waals surface area contributed by atoms with Crippen LogP contribution in [0, 0.1) is 11.7 Å². The van der Waals surface area contributed by atoms with Crippen LogP contribution in [0.3, 0.4) is 0 Å². The van der Waals surface area contributed by atoms with E-state index in [1.807, 2.05) is 24.3 Å². The summed E-state index contributed by atoms with van der Waals surface area (Å²) < 4.78 is 13.2. The molecule has 0 bridgehead atoms. The van der Waals surface area contributed by atoms with Crippen molar-refractivity contribution in [2.45, 2.75) is 39.2 Å². The van der Waals surface area contributed by atoms with E-state index in [2.05, 4.69) is 19.2 Å². The fourth-order valence-corrected chi connectivity index (χ4v) is 2.84. The molecule has 2 rings (SSSR count). The summed E-state index contributed by atoms with van der Waals surface area (Å²) in [5.74, 6) is -1.05. The number of carbonyl (C=O) groups excluding carboxylic acids is 2. The number of nitrogens with one attached hydrogen (secondary N) is 1. The predicted molar refractivity (Wildman–Crippen MR) is 112 cm³/mol. The molecule has 0 aliphatic carbocycles. The Balaban J connectivity index is 0.00000392. The molecule has 0 radical (unpaired) electrons. The largest absolute Gasteiger partial charge is 0.354 e. The van der Waals surface area contributed by atoms with Gasteiger partial charge in [0.25, 0.3) is 0 Å². The maximum Gasteiger partial charge on any atom is 0.220 e. The summed E-state index contributed by atoms with van der Waals surface area (Å²) in [6, 6.07) is 13.2. The number of amides is 1. The van der Waals surface area contributed by atoms with E-state index < -0.39 is 11.7 Å². The van der Waals surface area contributed by atoms with E-state index in [1.54, 1.807) is 13.0 Å². The molecule has 0 heterocycles. The number of halogens is 2. The Morgan fingerprint density at radius 1 is 1.04 bits per heavy atom. The molecule has 4 nitrogen and oxygen atoms in total. The van der Waals surface area contributed by atoms with Gasteiger partial charge in [0.2, 0.25) is 5.91 Å². The van der Waals surface area contributed by atoms with Gasteiger partial charge in [0.15, 0.2) is 5.78 Å². The number of carbonyl (C=O) groups is 2. The van der Waals surface area contributed by atoms with E-state index in [-0.39, 0.29) is 42.1 Å². The molecular formula is C22H28ClFN2O2. The van der Waals surface area contributed by atoms with Crippen LogP contribution in [-0.2, 0) is 4.79 Å². The Morgan fingerprint density at radius 2 is 1.64 bits per heavy atom. The summed E-state index contributed by atoms with van der Waals surface area (Å²) in [7, 11) is 0. The van der Waals surface area contributed by atoms with Crippen molar-refractivity contribution in [2.75, 3.05) is 6.54 Å². The highest BCUT2D eigenvalue weighted by Gasteiger charge is 2.19. The van der Waals surface area contributed by atoms with Crippen LogP contribution < -0.4 is 11.1 Å². The van der Waals surface area contributed by atoms with Gasteiger partial charge in [-0.15, -0.1) is 12.4 Å². The molecule has 2 aromatic carbocycles. The summed E-state index contributed by atoms with van der Waals surface area (Å²) in [5, 5.41) is 2.78. The second-order valence-electron chi connectivity index (χ2n) is 7.21. The van der Waals surface area contributed by atoms with Crippen LogP contribution in [0.15, 0.2) is 48.5 Å². The number of hydrogen-bond donors (Lipinski definition) is 2. The van der Waals surface area contributed by atoms with Gasteiger partial charge in [0, 0.05) is 30.5 Å². The molecule has 0 aromatic heterocycles. The first-order chi connectivity index (χ1) is 12.8. The van der Waals surface area contributed by atoms with Crippen molar-refractivity contribution in [1.82, 2.24) is 5.32 Å². The second kappa shape index (κ2) is 10.9. The zero-order chi connectivity index (χ0) is 20.0. The van der Waals surface area contributed by atoms with Gasteiger partial charge >= 0.3 is 0 Å². The zero-order valence-corrected chi connectivity index (χ0v) is 17.3. The fraction of sp³-hybridized carbons (Fsp3) is 0.364. The minimum Gasteiger partial charge on any atom is -0.354 e. The maximum absolute atomic E-state index is 13.2. The highest BCUT2D eigenvalue weighted by atomic mass is 35.5. The third kappa shape index (κ3) is 6.73. The Morgan fingerprint density at radius 3 is 2.21 bits per heavy atom. The van der Waals surface area contributed by atoms with Crippen LogP contribution in [-0.4, -0.2) is 18.2 Å². The summed E-state index contributed by atoms with van der Waals surface area (Å²) in [6.45, 7) is 6.21. The highest BCUT2D eigenvalue weighted by molar-refractivity contribution is 5.99. The highest BCUT2D eigenvalue weighted by Crippen LogP contribution is 2.18. The van der Waals surface area contributed by atoms with Crippen molar-refractivity contribution in [3.63, 3.8) is 0 Å². The lowest BCUT2D eigenvalue weighted by molar-refractivity contribution is -0.121. The van der Waals surface area contributed by atoms with Crippen LogP contribution >= 0.6 is 12.4 Å². The molecule has 2 atom stereocenters. The summed E-state index contributed by atoms with van der Waals surface area (Å²) in [5.41, 5.74) is 8.60. The van der Waals surface area contributed by atoms with Gasteiger partial charge in [-0.2, -0.15) is 0 Å².